The van der Waals surface area contributed by atoms with Gasteiger partial charge in [-0.1, -0.05) is 18.0 Å². The summed E-state index contributed by atoms with van der Waals surface area (Å²) >= 11 is 6.16. The van der Waals surface area contributed by atoms with Crippen LogP contribution in [0.5, 0.6) is 0 Å². The number of halogens is 2. The van der Waals surface area contributed by atoms with Crippen molar-refractivity contribution >= 4 is 47.0 Å². The van der Waals surface area contributed by atoms with Crippen molar-refractivity contribution in [2.75, 3.05) is 17.7 Å². The summed E-state index contributed by atoms with van der Waals surface area (Å²) < 4.78 is 21.3. The van der Waals surface area contributed by atoms with Gasteiger partial charge in [-0.05, 0) is 65.7 Å². The van der Waals surface area contributed by atoms with Crippen molar-refractivity contribution < 1.29 is 23.5 Å². The van der Waals surface area contributed by atoms with Crippen molar-refractivity contribution in [2.24, 2.45) is 0 Å². The van der Waals surface area contributed by atoms with Crippen LogP contribution in [0.3, 0.4) is 0 Å². The first kappa shape index (κ1) is 28.4. The first-order chi connectivity index (χ1) is 20.3. The van der Waals surface area contributed by atoms with Gasteiger partial charge in [0.05, 0.1) is 24.5 Å². The van der Waals surface area contributed by atoms with Gasteiger partial charge in [0.25, 0.3) is 0 Å². The number of rotatable bonds is 5. The van der Waals surface area contributed by atoms with Crippen molar-refractivity contribution in [3.8, 4) is 16.9 Å². The minimum Gasteiger partial charge on any atom is -0.453 e. The Bertz CT molecular complexity index is 1660. The number of ether oxygens (including phenoxy) is 1. The van der Waals surface area contributed by atoms with Gasteiger partial charge in [0.1, 0.15) is 17.8 Å². The van der Waals surface area contributed by atoms with E-state index in [0.29, 0.717) is 46.8 Å². The Morgan fingerprint density at radius 1 is 1.21 bits per heavy atom. The zero-order valence-electron chi connectivity index (χ0n) is 22.2. The third-order valence-electron chi connectivity index (χ3n) is 6.45. The number of aromatic nitrogens is 6. The second-order valence-electron chi connectivity index (χ2n) is 9.31. The molecule has 4 aromatic rings. The molecule has 0 aliphatic carbocycles. The van der Waals surface area contributed by atoms with Gasteiger partial charge in [0, 0.05) is 34.3 Å². The van der Waals surface area contributed by atoms with Gasteiger partial charge in [-0.2, -0.15) is 9.07 Å². The van der Waals surface area contributed by atoms with E-state index in [9.17, 15) is 14.4 Å². The summed E-state index contributed by atoms with van der Waals surface area (Å²) in [5.74, 6) is -1.26. The fourth-order valence-corrected chi connectivity index (χ4v) is 4.64. The predicted octanol–water partition coefficient (Wildman–Crippen LogP) is 4.41. The minimum atomic E-state index is -0.742. The summed E-state index contributed by atoms with van der Waals surface area (Å²) in [6.45, 7) is 0. The van der Waals surface area contributed by atoms with Crippen LogP contribution in [-0.2, 0) is 14.3 Å². The number of amides is 3. The van der Waals surface area contributed by atoms with Crippen LogP contribution in [0.4, 0.5) is 20.6 Å². The number of hydrogen-bond acceptors (Lipinski definition) is 8. The summed E-state index contributed by atoms with van der Waals surface area (Å²) in [5.41, 5.74) is 2.04. The molecule has 3 heterocycles. The maximum absolute atomic E-state index is 15.2. The van der Waals surface area contributed by atoms with Crippen molar-refractivity contribution in [1.29, 1.82) is 0 Å². The molecule has 1 aliphatic rings. The number of aromatic amines is 1. The summed E-state index contributed by atoms with van der Waals surface area (Å²) in [4.78, 5) is 44.4. The molecule has 0 radical (unpaired) electrons. The molecule has 216 valence electrons. The Morgan fingerprint density at radius 3 is 2.86 bits per heavy atom. The van der Waals surface area contributed by atoms with Crippen LogP contribution in [0.2, 0.25) is 5.02 Å². The molecule has 3 amide bonds. The van der Waals surface area contributed by atoms with Crippen LogP contribution < -0.4 is 16.0 Å². The Labute approximate surface area is 243 Å². The third-order valence-corrected chi connectivity index (χ3v) is 6.69. The number of H-pyrrole nitrogens is 1. The highest BCUT2D eigenvalue weighted by molar-refractivity contribution is 6.30. The zero-order chi connectivity index (χ0) is 29.6. The molecule has 0 saturated carbocycles. The molecule has 42 heavy (non-hydrogen) atoms. The Morgan fingerprint density at radius 2 is 2.07 bits per heavy atom. The smallest absolute Gasteiger partial charge is 0.411 e. The number of carbonyl (C=O) groups excluding carboxylic acids is 3. The molecule has 0 fully saturated rings. The van der Waals surface area contributed by atoms with E-state index in [4.69, 9.17) is 11.6 Å². The van der Waals surface area contributed by atoms with Crippen molar-refractivity contribution in [3.05, 3.63) is 71.2 Å². The van der Waals surface area contributed by atoms with Gasteiger partial charge >= 0.3 is 6.09 Å². The lowest BCUT2D eigenvalue weighted by Gasteiger charge is -2.17. The van der Waals surface area contributed by atoms with Gasteiger partial charge in [0.2, 0.25) is 17.8 Å². The maximum atomic E-state index is 15.2. The first-order valence-electron chi connectivity index (χ1n) is 12.9. The first-order valence-corrected chi connectivity index (χ1v) is 13.2. The van der Waals surface area contributed by atoms with Crippen LogP contribution in [0.25, 0.3) is 23.0 Å². The molecule has 2 aromatic carbocycles. The van der Waals surface area contributed by atoms with E-state index in [0.717, 1.165) is 0 Å². The van der Waals surface area contributed by atoms with E-state index in [1.165, 1.54) is 42.4 Å². The van der Waals surface area contributed by atoms with Crippen LogP contribution in [0.15, 0.2) is 48.8 Å². The van der Waals surface area contributed by atoms with Crippen LogP contribution in [0.1, 0.15) is 43.1 Å². The lowest BCUT2D eigenvalue weighted by Crippen LogP contribution is -2.28. The lowest BCUT2D eigenvalue weighted by atomic mass is 10.1. The Balaban J connectivity index is 1.42. The van der Waals surface area contributed by atoms with Gasteiger partial charge < -0.3 is 20.4 Å². The van der Waals surface area contributed by atoms with Crippen LogP contribution in [-0.4, -0.2) is 55.2 Å². The van der Waals surface area contributed by atoms with E-state index >= 15 is 4.39 Å². The lowest BCUT2D eigenvalue weighted by molar-refractivity contribution is -0.118. The normalized spacial score (nSPS) is 15.2. The molecule has 1 atom stereocenters. The number of hydrogen-bond donors (Lipinski definition) is 4. The number of nitrogens with zero attached hydrogens (tertiary/aromatic N) is 5. The standard InChI is InChI=1S/C27H25ClFN9O4/c1-42-27(41)31-17-8-9-18-20(13-17)33-22(39)5-3-2-4-19(26-34-24(18)25(29)35-26)32-23(40)11-6-15-12-16(28)7-10-21(15)38-14-30-36-37-38/h6-14,19H,2-5H2,1H3,(H,31,41)(H,32,40)(H,33,39)(H,34,35)/b11-6+. The number of tetrazole rings is 1. The second kappa shape index (κ2) is 12.6. The number of methoxy groups -OCH3 is 1. The van der Waals surface area contributed by atoms with E-state index in [2.05, 4.69) is 46.2 Å². The number of fused-ring (bicyclic) bond motifs is 4. The molecule has 0 spiro atoms. The van der Waals surface area contributed by atoms with Gasteiger partial charge in [-0.15, -0.1) is 5.10 Å². The molecule has 2 bridgehead atoms. The quantitative estimate of drug-likeness (QED) is 0.247. The molecule has 0 saturated heterocycles. The van der Waals surface area contributed by atoms with Crippen LogP contribution >= 0.6 is 11.6 Å². The largest absolute Gasteiger partial charge is 0.453 e. The van der Waals surface area contributed by atoms with Gasteiger partial charge in [-0.25, -0.2) is 9.78 Å². The molecular formula is C27H25ClFN9O4. The molecule has 4 N–H and O–H groups in total. The summed E-state index contributed by atoms with van der Waals surface area (Å²) in [5, 5.41) is 19.8. The molecule has 15 heteroatoms. The van der Waals surface area contributed by atoms with Gasteiger partial charge in [-0.3, -0.25) is 14.9 Å². The van der Waals surface area contributed by atoms with E-state index < -0.39 is 24.0 Å². The summed E-state index contributed by atoms with van der Waals surface area (Å²) in [7, 11) is 1.22. The maximum Gasteiger partial charge on any atom is 0.411 e. The van der Waals surface area contributed by atoms with E-state index in [1.54, 1.807) is 24.3 Å². The second-order valence-corrected chi connectivity index (χ2v) is 9.74. The highest BCUT2D eigenvalue weighted by Crippen LogP contribution is 2.33. The van der Waals surface area contributed by atoms with Crippen LogP contribution in [0, 0.1) is 5.95 Å². The SMILES string of the molecule is COC(=O)Nc1ccc2c(c1)NC(=O)CCCCC(NC(=O)/C=C/c1cc(Cl)ccc1-n1cnnn1)c1nc-2c(F)[nH]1. The van der Waals surface area contributed by atoms with E-state index in [-0.39, 0.29) is 29.5 Å². The topological polar surface area (TPSA) is 169 Å². The Hall–Kier alpha value is -5.11. The molecule has 2 aromatic heterocycles. The van der Waals surface area contributed by atoms with Crippen molar-refractivity contribution in [2.45, 2.75) is 31.7 Å². The van der Waals surface area contributed by atoms with Gasteiger partial charge in [0.15, 0.2) is 0 Å². The summed E-state index contributed by atoms with van der Waals surface area (Å²) in [6, 6.07) is 8.95. The third kappa shape index (κ3) is 6.61. The van der Waals surface area contributed by atoms with Crippen molar-refractivity contribution in [3.63, 3.8) is 0 Å². The monoisotopic (exact) mass is 593 g/mol. The van der Waals surface area contributed by atoms with Crippen molar-refractivity contribution in [1.82, 2.24) is 35.5 Å². The number of anilines is 2. The minimum absolute atomic E-state index is 0.0507. The molecular weight excluding hydrogens is 569 g/mol. The molecule has 1 unspecified atom stereocenters. The number of carbonyl (C=O) groups is 3. The predicted molar refractivity (Wildman–Crippen MR) is 151 cm³/mol. The Kier molecular flexibility index (Phi) is 8.52. The molecule has 1 aliphatic heterocycles. The fraction of sp³-hybridized carbons (Fsp3) is 0.222. The zero-order valence-corrected chi connectivity index (χ0v) is 23.0. The highest BCUT2D eigenvalue weighted by Gasteiger charge is 2.24. The number of benzene rings is 2. The number of nitrogens with one attached hydrogen (secondary N) is 4. The molecule has 5 rings (SSSR count). The highest BCUT2D eigenvalue weighted by atomic mass is 35.5. The number of imidazole rings is 1. The molecule has 13 nitrogen and oxygen atoms in total. The fourth-order valence-electron chi connectivity index (χ4n) is 4.46. The summed E-state index contributed by atoms with van der Waals surface area (Å²) in [6.07, 6.45) is 5.29. The average Bonchev–Trinajstić information content (AvgIpc) is 3.63. The average molecular weight is 594 g/mol. The van der Waals surface area contributed by atoms with E-state index in [1.807, 2.05) is 0 Å².